The first-order valence-electron chi connectivity index (χ1n) is 7.73. The zero-order valence-corrected chi connectivity index (χ0v) is 16.4. The van der Waals surface area contributed by atoms with Gasteiger partial charge in [0.05, 0.1) is 0 Å². The number of rotatable bonds is 4. The number of hydrogen-bond donors (Lipinski definition) is 0. The molecule has 21 heavy (non-hydrogen) atoms. The third-order valence-corrected chi connectivity index (χ3v) is 2.02. The smallest absolute Gasteiger partial charge is 0.658 e. The van der Waals surface area contributed by atoms with E-state index in [0.717, 1.165) is 13.2 Å². The van der Waals surface area contributed by atoms with E-state index in [0.29, 0.717) is 24.2 Å². The first kappa shape index (κ1) is 30.0. The van der Waals surface area contributed by atoms with Crippen molar-refractivity contribution >= 4 is 0 Å². The van der Waals surface area contributed by atoms with Crippen LogP contribution in [0.3, 0.4) is 0 Å². The minimum atomic E-state index is 0. The minimum absolute atomic E-state index is 0. The molecule has 0 N–H and O–H groups in total. The van der Waals surface area contributed by atoms with Gasteiger partial charge in [0.1, 0.15) is 0 Å². The largest absolute Gasteiger partial charge is 1.00 e. The van der Waals surface area contributed by atoms with Gasteiger partial charge in [-0.15, -0.1) is 24.2 Å². The Morgan fingerprint density at radius 2 is 0.810 bits per heavy atom. The molecule has 3 nitrogen and oxygen atoms in total. The molecule has 0 spiro atoms. The Balaban J connectivity index is -0.0000000994. The van der Waals surface area contributed by atoms with Gasteiger partial charge in [-0.1, -0.05) is 55.4 Å². The summed E-state index contributed by atoms with van der Waals surface area (Å²) < 4.78 is 4.94. The van der Waals surface area contributed by atoms with E-state index < -0.39 is 0 Å². The molecule has 1 aliphatic heterocycles. The fraction of sp³-hybridized carbons (Fsp3) is 1.00. The van der Waals surface area contributed by atoms with Crippen molar-refractivity contribution in [1.29, 1.82) is 0 Å². The van der Waals surface area contributed by atoms with Crippen molar-refractivity contribution in [3.63, 3.8) is 0 Å². The zero-order chi connectivity index (χ0) is 15.3. The first-order valence-corrected chi connectivity index (χ1v) is 7.73. The molecule has 0 aromatic carbocycles. The van der Waals surface area contributed by atoms with Gasteiger partial charge in [-0.25, -0.2) is 0 Å². The summed E-state index contributed by atoms with van der Waals surface area (Å²) in [7, 11) is 0. The van der Waals surface area contributed by atoms with Crippen molar-refractivity contribution < 1.29 is 42.5 Å². The Bertz CT molecular complexity index is 140. The Morgan fingerprint density at radius 1 is 0.571 bits per heavy atom. The molecule has 0 amide bonds. The van der Waals surface area contributed by atoms with Crippen molar-refractivity contribution in [2.24, 2.45) is 0 Å². The van der Waals surface area contributed by atoms with Gasteiger partial charge >= 0.3 is 37.7 Å². The molecule has 1 aliphatic rings. The minimum Gasteiger partial charge on any atom is -0.658 e. The summed E-state index contributed by atoms with van der Waals surface area (Å²) in [4.78, 5) is 0. The molecule has 0 aromatic heterocycles. The quantitative estimate of drug-likeness (QED) is 0.621. The van der Waals surface area contributed by atoms with Gasteiger partial charge in [0.25, 0.3) is 0 Å². The van der Waals surface area contributed by atoms with Gasteiger partial charge in [-0.3, -0.25) is 0 Å². The molecule has 0 aliphatic carbocycles. The van der Waals surface area contributed by atoms with Crippen LogP contribution < -0.4 is 37.7 Å². The van der Waals surface area contributed by atoms with Crippen LogP contribution in [0.25, 0.3) is 10.6 Å². The van der Waals surface area contributed by atoms with Crippen LogP contribution >= 0.6 is 0 Å². The van der Waals surface area contributed by atoms with Crippen molar-refractivity contribution in [3.8, 4) is 0 Å². The normalized spacial score (nSPS) is 13.1. The Kier molecular flexibility index (Phi) is 30.1. The molecular weight excluding hydrogens is 250 g/mol. The van der Waals surface area contributed by atoms with Crippen LogP contribution in [-0.4, -0.2) is 37.4 Å². The molecule has 1 rings (SSSR count). The number of ether oxygens (including phenoxy) is 1. The van der Waals surface area contributed by atoms with E-state index in [4.69, 9.17) is 4.74 Å². The summed E-state index contributed by atoms with van der Waals surface area (Å²) in [5, 5.41) is 8.56. The average Bonchev–Trinajstić information content (AvgIpc) is 2.70. The first-order chi connectivity index (χ1) is 8.75. The molecule has 0 unspecified atom stereocenters. The van der Waals surface area contributed by atoms with E-state index in [1.165, 1.54) is 12.8 Å². The summed E-state index contributed by atoms with van der Waals surface area (Å²) in [6, 6.07) is 2.00. The van der Waals surface area contributed by atoms with E-state index in [1.54, 1.807) is 0 Å². The Morgan fingerprint density at radius 3 is 0.857 bits per heavy atom. The molecule has 118 valence electrons. The van der Waals surface area contributed by atoms with E-state index in [9.17, 15) is 0 Å². The van der Waals surface area contributed by atoms with Gasteiger partial charge in [0, 0.05) is 13.2 Å². The fourth-order valence-corrected chi connectivity index (χ4v) is 1.70. The topological polar surface area (TPSA) is 37.4 Å². The molecule has 1 heterocycles. The standard InChI is InChI=1S/2C6H14N.C4H8O.2Li/c2*1-5(2)7-6(3)4;1-2-4-5-3-1;;/h2*5-6H,1-4H3;1-4H2;;/q2*-1;;2*+1. The third kappa shape index (κ3) is 38.7. The van der Waals surface area contributed by atoms with Crippen molar-refractivity contribution in [1.82, 2.24) is 0 Å². The van der Waals surface area contributed by atoms with Gasteiger partial charge in [-0.2, -0.15) is 0 Å². The maximum Gasteiger partial charge on any atom is 1.00 e. The summed E-state index contributed by atoms with van der Waals surface area (Å²) in [5.41, 5.74) is 0. The molecule has 0 bridgehead atoms. The predicted molar refractivity (Wildman–Crippen MR) is 87.3 cm³/mol. The maximum atomic E-state index is 4.94. The molecular formula is C16H36Li2N2O. The monoisotopic (exact) mass is 286 g/mol. The molecule has 0 aromatic rings. The van der Waals surface area contributed by atoms with E-state index in [2.05, 4.69) is 66.0 Å². The van der Waals surface area contributed by atoms with Crippen LogP contribution in [0.2, 0.25) is 0 Å². The van der Waals surface area contributed by atoms with Gasteiger partial charge in [0.2, 0.25) is 0 Å². The van der Waals surface area contributed by atoms with E-state index >= 15 is 0 Å². The molecule has 1 fully saturated rings. The number of hydrogen-bond acceptors (Lipinski definition) is 1. The second-order valence-electron chi connectivity index (χ2n) is 5.99. The fourth-order valence-electron chi connectivity index (χ4n) is 1.70. The van der Waals surface area contributed by atoms with Crippen molar-refractivity contribution in [3.05, 3.63) is 10.6 Å². The van der Waals surface area contributed by atoms with E-state index in [-0.39, 0.29) is 37.7 Å². The van der Waals surface area contributed by atoms with E-state index in [1.807, 2.05) is 0 Å². The van der Waals surface area contributed by atoms with Crippen LogP contribution in [0.15, 0.2) is 0 Å². The average molecular weight is 286 g/mol. The van der Waals surface area contributed by atoms with Crippen LogP contribution in [0.4, 0.5) is 0 Å². The molecule has 1 saturated heterocycles. The molecule has 0 radical (unpaired) electrons. The second-order valence-corrected chi connectivity index (χ2v) is 5.99. The number of nitrogens with zero attached hydrogens (tertiary/aromatic N) is 2. The van der Waals surface area contributed by atoms with Gasteiger partial charge in [-0.05, 0) is 12.8 Å². The summed E-state index contributed by atoms with van der Waals surface area (Å²) >= 11 is 0. The zero-order valence-electron chi connectivity index (χ0n) is 16.4. The summed E-state index contributed by atoms with van der Waals surface area (Å²) in [6.45, 7) is 18.8. The van der Waals surface area contributed by atoms with Crippen LogP contribution in [0, 0.1) is 0 Å². The van der Waals surface area contributed by atoms with Crippen molar-refractivity contribution in [2.45, 2.75) is 92.4 Å². The van der Waals surface area contributed by atoms with Gasteiger partial charge in [0.15, 0.2) is 0 Å². The van der Waals surface area contributed by atoms with Crippen LogP contribution in [0.1, 0.15) is 68.2 Å². The maximum absolute atomic E-state index is 4.94. The second kappa shape index (κ2) is 21.1. The Hall–Kier alpha value is 1.07. The molecule has 5 heteroatoms. The third-order valence-electron chi connectivity index (χ3n) is 2.02. The summed E-state index contributed by atoms with van der Waals surface area (Å²) in [6.07, 6.45) is 2.56. The van der Waals surface area contributed by atoms with Crippen molar-refractivity contribution in [2.75, 3.05) is 13.2 Å². The Labute approximate surface area is 158 Å². The van der Waals surface area contributed by atoms with Gasteiger partial charge < -0.3 is 15.4 Å². The SMILES string of the molecule is C1CCOC1.CC(C)[N-]C(C)C.CC(C)[N-]C(C)C.[Li+].[Li+]. The summed E-state index contributed by atoms with van der Waals surface area (Å²) in [5.74, 6) is 0. The molecule has 0 atom stereocenters. The molecule has 0 saturated carbocycles. The predicted octanol–water partition coefficient (Wildman–Crippen LogP) is -0.841. The van der Waals surface area contributed by atoms with Crippen LogP contribution in [-0.2, 0) is 4.74 Å². The van der Waals surface area contributed by atoms with Crippen LogP contribution in [0.5, 0.6) is 0 Å².